The van der Waals surface area contributed by atoms with Gasteiger partial charge in [-0.15, -0.1) is 0 Å². The van der Waals surface area contributed by atoms with Gasteiger partial charge in [-0.3, -0.25) is 4.21 Å². The van der Waals surface area contributed by atoms with Gasteiger partial charge in [0.2, 0.25) is 0 Å². The summed E-state index contributed by atoms with van der Waals surface area (Å²) >= 11 is -2.14. The maximum atomic E-state index is 11.1. The maximum absolute atomic E-state index is 11.1. The van der Waals surface area contributed by atoms with Gasteiger partial charge < -0.3 is 9.29 Å². The van der Waals surface area contributed by atoms with Crippen LogP contribution in [0.4, 0.5) is 0 Å². The summed E-state index contributed by atoms with van der Waals surface area (Å²) in [6.45, 7) is 0. The molecule has 0 aliphatic heterocycles. The van der Waals surface area contributed by atoms with E-state index in [1.165, 1.54) is 13.2 Å². The minimum atomic E-state index is -2.14. The molecule has 1 rings (SSSR count). The molecule has 0 amide bonds. The van der Waals surface area contributed by atoms with Crippen LogP contribution in [0, 0.1) is 0 Å². The van der Waals surface area contributed by atoms with Gasteiger partial charge in [-0.2, -0.15) is 0 Å². The molecule has 0 spiro atoms. The van der Waals surface area contributed by atoms with E-state index in [2.05, 4.69) is 4.74 Å². The van der Waals surface area contributed by atoms with Crippen LogP contribution in [0.15, 0.2) is 24.3 Å². The zero-order valence-corrected chi connectivity index (χ0v) is 11.4. The van der Waals surface area contributed by atoms with Gasteiger partial charge in [-0.05, 0) is 17.7 Å². The zero-order chi connectivity index (χ0) is 10.6. The first-order chi connectivity index (χ1) is 6.63. The average molecular weight is 236 g/mol. The predicted molar refractivity (Wildman–Crippen MR) is 50.4 cm³/mol. The van der Waals surface area contributed by atoms with Gasteiger partial charge in [-0.25, -0.2) is 4.79 Å². The molecule has 1 atom stereocenters. The summed E-state index contributed by atoms with van der Waals surface area (Å²) in [6.07, 6.45) is 0. The summed E-state index contributed by atoms with van der Waals surface area (Å²) in [5, 5.41) is 0. The van der Waals surface area contributed by atoms with Crippen molar-refractivity contribution in [2.24, 2.45) is 0 Å². The van der Waals surface area contributed by atoms with E-state index in [4.69, 9.17) is 0 Å². The van der Waals surface area contributed by atoms with Crippen LogP contribution >= 0.6 is 0 Å². The number of esters is 1. The Kier molecular flexibility index (Phi) is 7.04. The molecule has 0 bridgehead atoms. The molecular formula is C9H9NaO4S. The van der Waals surface area contributed by atoms with Crippen LogP contribution in [-0.2, 0) is 21.6 Å². The monoisotopic (exact) mass is 236 g/mol. The van der Waals surface area contributed by atoms with Crippen LogP contribution in [0.25, 0.3) is 0 Å². The van der Waals surface area contributed by atoms with Gasteiger partial charge in [0.1, 0.15) is 0 Å². The first-order valence-corrected chi connectivity index (χ1v) is 5.11. The number of ether oxygens (including phenoxy) is 1. The number of hydrogen-bond donors (Lipinski definition) is 0. The van der Waals surface area contributed by atoms with Crippen LogP contribution < -0.4 is 29.6 Å². The van der Waals surface area contributed by atoms with Gasteiger partial charge >= 0.3 is 35.5 Å². The van der Waals surface area contributed by atoms with E-state index in [1.54, 1.807) is 18.2 Å². The SMILES string of the molecule is COC(=O)c1cccc(CS(=O)[O-])c1.[Na+]. The van der Waals surface area contributed by atoms with Crippen LogP contribution in [0.5, 0.6) is 0 Å². The van der Waals surface area contributed by atoms with E-state index < -0.39 is 17.0 Å². The first-order valence-electron chi connectivity index (χ1n) is 3.86. The summed E-state index contributed by atoms with van der Waals surface area (Å²) < 4.78 is 25.3. The van der Waals surface area contributed by atoms with E-state index in [0.717, 1.165) is 0 Å². The molecule has 6 heteroatoms. The molecule has 0 saturated carbocycles. The number of carbonyl (C=O) groups excluding carboxylic acids is 1. The molecule has 76 valence electrons. The molecule has 0 heterocycles. The average Bonchev–Trinajstić information content (AvgIpc) is 2.16. The molecular weight excluding hydrogens is 227 g/mol. The fourth-order valence-electron chi connectivity index (χ4n) is 1.04. The molecule has 0 aliphatic carbocycles. The summed E-state index contributed by atoms with van der Waals surface area (Å²) in [5.74, 6) is -0.561. The van der Waals surface area contributed by atoms with E-state index in [-0.39, 0.29) is 35.3 Å². The Balaban J connectivity index is 0.00000196. The Labute approximate surface area is 113 Å². The second-order valence-corrected chi connectivity index (χ2v) is 3.54. The molecule has 15 heavy (non-hydrogen) atoms. The normalized spacial score (nSPS) is 11.3. The smallest absolute Gasteiger partial charge is 0.772 e. The maximum Gasteiger partial charge on any atom is 1.00 e. The molecule has 0 radical (unpaired) electrons. The summed E-state index contributed by atoms with van der Waals surface area (Å²) in [7, 11) is 1.28. The third-order valence-electron chi connectivity index (χ3n) is 1.63. The van der Waals surface area contributed by atoms with E-state index in [9.17, 15) is 13.6 Å². The topological polar surface area (TPSA) is 66.4 Å². The van der Waals surface area contributed by atoms with E-state index in [0.29, 0.717) is 11.1 Å². The Morgan fingerprint density at radius 1 is 1.53 bits per heavy atom. The number of methoxy groups -OCH3 is 1. The Hall–Kier alpha value is -0.200. The fourth-order valence-corrected chi connectivity index (χ4v) is 1.49. The Morgan fingerprint density at radius 2 is 2.20 bits per heavy atom. The van der Waals surface area contributed by atoms with Crippen molar-refractivity contribution in [3.8, 4) is 0 Å². The van der Waals surface area contributed by atoms with Crippen molar-refractivity contribution >= 4 is 17.0 Å². The van der Waals surface area contributed by atoms with Gasteiger partial charge in [0.05, 0.1) is 12.7 Å². The fraction of sp³-hybridized carbons (Fsp3) is 0.222. The molecule has 0 fully saturated rings. The van der Waals surface area contributed by atoms with E-state index in [1.807, 2.05) is 0 Å². The molecule has 0 N–H and O–H groups in total. The van der Waals surface area contributed by atoms with Crippen molar-refractivity contribution in [1.82, 2.24) is 0 Å². The molecule has 0 aliphatic rings. The minimum Gasteiger partial charge on any atom is -0.772 e. The third-order valence-corrected chi connectivity index (χ3v) is 2.20. The quantitative estimate of drug-likeness (QED) is 0.341. The number of rotatable bonds is 3. The third kappa shape index (κ3) is 4.90. The number of hydrogen-bond acceptors (Lipinski definition) is 4. The van der Waals surface area contributed by atoms with Crippen LogP contribution in [-0.4, -0.2) is 21.8 Å². The molecule has 4 nitrogen and oxygen atoms in total. The van der Waals surface area contributed by atoms with Crippen molar-refractivity contribution in [3.63, 3.8) is 0 Å². The number of carbonyl (C=O) groups is 1. The van der Waals surface area contributed by atoms with Gasteiger partial charge in [0, 0.05) is 5.75 Å². The molecule has 0 aromatic heterocycles. The first kappa shape index (κ1) is 14.8. The van der Waals surface area contributed by atoms with Crippen molar-refractivity contribution < 1.29 is 47.9 Å². The second-order valence-electron chi connectivity index (χ2n) is 2.64. The van der Waals surface area contributed by atoms with Crippen LogP contribution in [0.2, 0.25) is 0 Å². The van der Waals surface area contributed by atoms with Gasteiger partial charge in [-0.1, -0.05) is 23.2 Å². The largest absolute Gasteiger partial charge is 1.00 e. The molecule has 0 saturated heterocycles. The van der Waals surface area contributed by atoms with E-state index >= 15 is 0 Å². The summed E-state index contributed by atoms with van der Waals surface area (Å²) in [5.41, 5.74) is 0.927. The zero-order valence-electron chi connectivity index (χ0n) is 8.56. The molecule has 1 aromatic rings. The van der Waals surface area contributed by atoms with Crippen LogP contribution in [0.1, 0.15) is 15.9 Å². The predicted octanol–water partition coefficient (Wildman–Crippen LogP) is -2.14. The number of benzene rings is 1. The van der Waals surface area contributed by atoms with Gasteiger partial charge in [0.15, 0.2) is 0 Å². The van der Waals surface area contributed by atoms with Crippen molar-refractivity contribution in [2.75, 3.05) is 7.11 Å². The summed E-state index contributed by atoms with van der Waals surface area (Å²) in [4.78, 5) is 11.1. The van der Waals surface area contributed by atoms with Gasteiger partial charge in [0.25, 0.3) is 0 Å². The Morgan fingerprint density at radius 3 is 2.73 bits per heavy atom. The van der Waals surface area contributed by atoms with Crippen molar-refractivity contribution in [1.29, 1.82) is 0 Å². The Bertz CT molecular complexity index is 367. The minimum absolute atomic E-state index is 0. The molecule has 1 unspecified atom stereocenters. The second kappa shape index (κ2) is 7.14. The van der Waals surface area contributed by atoms with Crippen molar-refractivity contribution in [3.05, 3.63) is 35.4 Å². The van der Waals surface area contributed by atoms with Crippen LogP contribution in [0.3, 0.4) is 0 Å². The standard InChI is InChI=1S/C9H10O4S.Na/c1-13-9(10)8-4-2-3-7(5-8)6-14(11)12;/h2-5H,6H2,1H3,(H,11,12);/q;+1/p-1. The van der Waals surface area contributed by atoms with Crippen molar-refractivity contribution in [2.45, 2.75) is 5.75 Å². The summed E-state index contributed by atoms with van der Waals surface area (Å²) in [6, 6.07) is 6.33. The molecule has 1 aromatic carbocycles.